The van der Waals surface area contributed by atoms with E-state index >= 15 is 0 Å². The lowest BCUT2D eigenvalue weighted by Crippen LogP contribution is -2.57. The Bertz CT molecular complexity index is 386. The van der Waals surface area contributed by atoms with E-state index in [1.165, 1.54) is 25.7 Å². The number of hydrogen-bond donors (Lipinski definition) is 2. The lowest BCUT2D eigenvalue weighted by Gasteiger charge is -2.45. The van der Waals surface area contributed by atoms with Gasteiger partial charge in [0.25, 0.3) is 0 Å². The molecule has 0 aromatic rings. The predicted molar refractivity (Wildman–Crippen MR) is 106 cm³/mol. The third kappa shape index (κ3) is 5.11. The fraction of sp³-hybridized carbons (Fsp3) is 0.824. The standard InChI is InChI=1S/C17H32N4.HI/c1-14-8-7-11-17(12-14,21(3)4)13-19-16(18-2)20-15-9-5-6-10-15;/h5-6,14-15H,7-13H2,1-4H3,(H2,18,19,20);1H. The maximum Gasteiger partial charge on any atom is 0.191 e. The second kappa shape index (κ2) is 9.11. The molecule has 0 aromatic carbocycles. The summed E-state index contributed by atoms with van der Waals surface area (Å²) in [6.45, 7) is 3.36. The van der Waals surface area contributed by atoms with Gasteiger partial charge in [0.1, 0.15) is 0 Å². The first-order valence-electron chi connectivity index (χ1n) is 8.35. The van der Waals surface area contributed by atoms with Crippen molar-refractivity contribution in [3.63, 3.8) is 0 Å². The van der Waals surface area contributed by atoms with Crippen molar-refractivity contribution in [1.29, 1.82) is 0 Å². The van der Waals surface area contributed by atoms with Gasteiger partial charge in [0.05, 0.1) is 0 Å². The maximum absolute atomic E-state index is 4.39. The quantitative estimate of drug-likeness (QED) is 0.318. The summed E-state index contributed by atoms with van der Waals surface area (Å²) in [5.74, 6) is 1.76. The molecule has 0 radical (unpaired) electrons. The van der Waals surface area contributed by atoms with Crippen LogP contribution in [0, 0.1) is 5.92 Å². The van der Waals surface area contributed by atoms with Crippen molar-refractivity contribution in [1.82, 2.24) is 15.5 Å². The molecule has 1 fully saturated rings. The summed E-state index contributed by atoms with van der Waals surface area (Å²) in [5.41, 5.74) is 0.267. The highest BCUT2D eigenvalue weighted by Gasteiger charge is 2.37. The van der Waals surface area contributed by atoms with Gasteiger partial charge >= 0.3 is 0 Å². The summed E-state index contributed by atoms with van der Waals surface area (Å²) in [7, 11) is 6.30. The van der Waals surface area contributed by atoms with Crippen LogP contribution < -0.4 is 10.6 Å². The third-order valence-electron chi connectivity index (χ3n) is 5.17. The van der Waals surface area contributed by atoms with Crippen molar-refractivity contribution in [2.24, 2.45) is 10.9 Å². The van der Waals surface area contributed by atoms with Crippen LogP contribution in [0.1, 0.15) is 45.4 Å². The molecular formula is C17H33IN4. The summed E-state index contributed by atoms with van der Waals surface area (Å²) >= 11 is 0. The Labute approximate surface area is 153 Å². The van der Waals surface area contributed by atoms with Crippen LogP contribution in [0.5, 0.6) is 0 Å². The van der Waals surface area contributed by atoms with Crippen LogP contribution in [0.15, 0.2) is 17.1 Å². The smallest absolute Gasteiger partial charge is 0.191 e. The Morgan fingerprint density at radius 2 is 2.00 bits per heavy atom. The molecule has 0 aliphatic heterocycles. The number of nitrogens with zero attached hydrogens (tertiary/aromatic N) is 2. The van der Waals surface area contributed by atoms with Gasteiger partial charge in [-0.25, -0.2) is 0 Å². The highest BCUT2D eigenvalue weighted by Crippen LogP contribution is 2.35. The summed E-state index contributed by atoms with van der Waals surface area (Å²) in [5, 5.41) is 7.11. The van der Waals surface area contributed by atoms with E-state index < -0.39 is 0 Å². The van der Waals surface area contributed by atoms with Gasteiger partial charge in [0.2, 0.25) is 0 Å². The zero-order chi connectivity index (χ0) is 15.3. The Kier molecular flexibility index (Phi) is 8.17. The molecule has 2 aliphatic rings. The number of likely N-dealkylation sites (N-methyl/N-ethyl adjacent to an activating group) is 1. The Balaban J connectivity index is 0.00000242. The highest BCUT2D eigenvalue weighted by atomic mass is 127. The molecule has 0 heterocycles. The highest BCUT2D eigenvalue weighted by molar-refractivity contribution is 14.0. The predicted octanol–water partition coefficient (Wildman–Crippen LogP) is 3.00. The van der Waals surface area contributed by atoms with Crippen LogP contribution >= 0.6 is 24.0 Å². The second-order valence-electron chi connectivity index (χ2n) is 7.03. The molecule has 0 spiro atoms. The number of hydrogen-bond acceptors (Lipinski definition) is 2. The minimum Gasteiger partial charge on any atom is -0.355 e. The molecule has 0 amide bonds. The second-order valence-corrected chi connectivity index (χ2v) is 7.03. The summed E-state index contributed by atoms with van der Waals surface area (Å²) in [4.78, 5) is 6.81. The lowest BCUT2D eigenvalue weighted by atomic mass is 9.75. The van der Waals surface area contributed by atoms with E-state index in [4.69, 9.17) is 0 Å². The summed E-state index contributed by atoms with van der Waals surface area (Å²) < 4.78 is 0. The van der Waals surface area contributed by atoms with Crippen molar-refractivity contribution >= 4 is 29.9 Å². The molecule has 2 atom stereocenters. The SMILES string of the molecule is CN=C(NCC1(N(C)C)CCCC(C)C1)NC1CC=CC1.I. The van der Waals surface area contributed by atoms with Crippen LogP contribution in [0.25, 0.3) is 0 Å². The minimum atomic E-state index is 0. The first-order valence-corrected chi connectivity index (χ1v) is 8.35. The van der Waals surface area contributed by atoms with E-state index in [0.29, 0.717) is 6.04 Å². The maximum atomic E-state index is 4.39. The zero-order valence-electron chi connectivity index (χ0n) is 14.6. The summed E-state index contributed by atoms with van der Waals surface area (Å²) in [6.07, 6.45) is 12.0. The van der Waals surface area contributed by atoms with E-state index in [1.807, 2.05) is 7.05 Å². The molecule has 5 heteroatoms. The van der Waals surface area contributed by atoms with Crippen LogP contribution in [0.4, 0.5) is 0 Å². The Hall–Kier alpha value is -0.300. The monoisotopic (exact) mass is 420 g/mol. The van der Waals surface area contributed by atoms with Crippen molar-refractivity contribution in [3.8, 4) is 0 Å². The van der Waals surface area contributed by atoms with Crippen LogP contribution in [0.3, 0.4) is 0 Å². The third-order valence-corrected chi connectivity index (χ3v) is 5.17. The molecular weight excluding hydrogens is 387 g/mol. The molecule has 0 bridgehead atoms. The van der Waals surface area contributed by atoms with E-state index in [2.05, 4.69) is 53.7 Å². The molecule has 22 heavy (non-hydrogen) atoms. The van der Waals surface area contributed by atoms with Crippen molar-refractivity contribution in [2.75, 3.05) is 27.7 Å². The first kappa shape index (κ1) is 19.7. The Morgan fingerprint density at radius 1 is 1.32 bits per heavy atom. The van der Waals surface area contributed by atoms with Crippen LogP contribution in [-0.4, -0.2) is 50.1 Å². The van der Waals surface area contributed by atoms with Crippen molar-refractivity contribution in [3.05, 3.63) is 12.2 Å². The molecule has 2 aliphatic carbocycles. The lowest BCUT2D eigenvalue weighted by molar-refractivity contribution is 0.0795. The largest absolute Gasteiger partial charge is 0.355 e. The number of guanidine groups is 1. The van der Waals surface area contributed by atoms with Gasteiger partial charge in [-0.1, -0.05) is 31.9 Å². The van der Waals surface area contributed by atoms with E-state index in [9.17, 15) is 0 Å². The van der Waals surface area contributed by atoms with E-state index in [-0.39, 0.29) is 29.5 Å². The first-order chi connectivity index (χ1) is 10.1. The van der Waals surface area contributed by atoms with Gasteiger partial charge in [-0.15, -0.1) is 24.0 Å². The Morgan fingerprint density at radius 3 is 2.55 bits per heavy atom. The van der Waals surface area contributed by atoms with Crippen LogP contribution in [-0.2, 0) is 0 Å². The number of aliphatic imine (C=N–C) groups is 1. The molecule has 1 saturated carbocycles. The van der Waals surface area contributed by atoms with Gasteiger partial charge in [0, 0.05) is 25.2 Å². The number of nitrogens with one attached hydrogen (secondary N) is 2. The average Bonchev–Trinajstić information content (AvgIpc) is 2.96. The van der Waals surface area contributed by atoms with E-state index in [0.717, 1.165) is 31.3 Å². The van der Waals surface area contributed by atoms with Crippen LogP contribution in [0.2, 0.25) is 0 Å². The topological polar surface area (TPSA) is 39.7 Å². The van der Waals surface area contributed by atoms with Gasteiger partial charge in [-0.05, 0) is 45.7 Å². The molecule has 2 rings (SSSR count). The van der Waals surface area contributed by atoms with Crippen molar-refractivity contribution in [2.45, 2.75) is 57.0 Å². The van der Waals surface area contributed by atoms with Gasteiger partial charge < -0.3 is 15.5 Å². The molecule has 128 valence electrons. The van der Waals surface area contributed by atoms with Gasteiger partial charge in [-0.2, -0.15) is 0 Å². The fourth-order valence-corrected chi connectivity index (χ4v) is 3.73. The zero-order valence-corrected chi connectivity index (χ0v) is 16.9. The molecule has 0 aromatic heterocycles. The summed E-state index contributed by atoms with van der Waals surface area (Å²) in [6, 6.07) is 0.511. The van der Waals surface area contributed by atoms with E-state index in [1.54, 1.807) is 0 Å². The molecule has 2 N–H and O–H groups in total. The van der Waals surface area contributed by atoms with Crippen molar-refractivity contribution < 1.29 is 0 Å². The van der Waals surface area contributed by atoms with Gasteiger partial charge in [0.15, 0.2) is 5.96 Å². The average molecular weight is 420 g/mol. The minimum absolute atomic E-state index is 0. The molecule has 4 nitrogen and oxygen atoms in total. The normalized spacial score (nSPS) is 29.5. The van der Waals surface area contributed by atoms with Gasteiger partial charge in [-0.3, -0.25) is 4.99 Å². The molecule has 2 unspecified atom stereocenters. The number of halogens is 1. The fourth-order valence-electron chi connectivity index (χ4n) is 3.73. The molecule has 0 saturated heterocycles. The number of rotatable bonds is 4.